The van der Waals surface area contributed by atoms with Crippen LogP contribution in [0.15, 0.2) is 0 Å². The third kappa shape index (κ3) is 1.72. The van der Waals surface area contributed by atoms with E-state index in [0.29, 0.717) is 19.4 Å². The lowest BCUT2D eigenvalue weighted by atomic mass is 9.84. The number of amides is 1. The molecule has 5 heteroatoms. The summed E-state index contributed by atoms with van der Waals surface area (Å²) in [6.45, 7) is 1.42. The van der Waals surface area contributed by atoms with Crippen LogP contribution in [-0.4, -0.2) is 30.6 Å². The minimum absolute atomic E-state index is 0.0975. The fourth-order valence-corrected chi connectivity index (χ4v) is 1.72. The Morgan fingerprint density at radius 2 is 1.93 bits per heavy atom. The molecule has 1 aliphatic rings. The van der Waals surface area contributed by atoms with Gasteiger partial charge in [-0.3, -0.25) is 4.79 Å². The molecule has 1 rings (SSSR count). The van der Waals surface area contributed by atoms with Crippen LogP contribution in [0.25, 0.3) is 0 Å². The van der Waals surface area contributed by atoms with E-state index in [1.54, 1.807) is 0 Å². The van der Waals surface area contributed by atoms with E-state index in [1.165, 1.54) is 11.9 Å². The van der Waals surface area contributed by atoms with E-state index in [4.69, 9.17) is 0 Å². The van der Waals surface area contributed by atoms with Crippen molar-refractivity contribution < 1.29 is 18.0 Å². The van der Waals surface area contributed by atoms with E-state index in [-0.39, 0.29) is 6.42 Å². The number of likely N-dealkylation sites (tertiary alicyclic amines) is 1. The van der Waals surface area contributed by atoms with Gasteiger partial charge in [0, 0.05) is 13.6 Å². The van der Waals surface area contributed by atoms with Crippen molar-refractivity contribution in [2.24, 2.45) is 5.41 Å². The van der Waals surface area contributed by atoms with Gasteiger partial charge in [-0.15, -0.1) is 0 Å². The van der Waals surface area contributed by atoms with E-state index < -0.39 is 17.5 Å². The van der Waals surface area contributed by atoms with E-state index in [9.17, 15) is 18.0 Å². The third-order valence-corrected chi connectivity index (χ3v) is 2.86. The Bertz CT molecular complexity index is 239. The van der Waals surface area contributed by atoms with Crippen LogP contribution in [0.2, 0.25) is 0 Å². The molecule has 1 heterocycles. The first kappa shape index (κ1) is 11.3. The summed E-state index contributed by atoms with van der Waals surface area (Å²) in [7, 11) is 1.43. The molecule has 0 radical (unpaired) electrons. The second-order valence-corrected chi connectivity index (χ2v) is 4.01. The van der Waals surface area contributed by atoms with Gasteiger partial charge in [-0.25, -0.2) is 0 Å². The number of carbonyl (C=O) groups is 1. The van der Waals surface area contributed by atoms with Crippen LogP contribution in [0.3, 0.4) is 0 Å². The molecule has 0 saturated carbocycles. The predicted octanol–water partition coefficient (Wildman–Crippen LogP) is 2.20. The molecule has 2 nitrogen and oxygen atoms in total. The smallest absolute Gasteiger partial charge is 0.345 e. The van der Waals surface area contributed by atoms with E-state index in [2.05, 4.69) is 0 Å². The van der Waals surface area contributed by atoms with Gasteiger partial charge in [0.2, 0.25) is 5.91 Å². The summed E-state index contributed by atoms with van der Waals surface area (Å²) in [6, 6.07) is 0. The Kier molecular flexibility index (Phi) is 2.78. The van der Waals surface area contributed by atoms with E-state index in [1.807, 2.05) is 0 Å². The molecule has 0 aromatic carbocycles. The van der Waals surface area contributed by atoms with Crippen molar-refractivity contribution in [2.75, 3.05) is 13.6 Å². The second kappa shape index (κ2) is 3.44. The summed E-state index contributed by atoms with van der Waals surface area (Å²) in [6.07, 6.45) is -3.44. The molecule has 0 aromatic heterocycles. The average Bonchev–Trinajstić information content (AvgIpc) is 2.18. The predicted molar refractivity (Wildman–Crippen MR) is 45.7 cm³/mol. The molecule has 1 saturated heterocycles. The van der Waals surface area contributed by atoms with E-state index in [0.717, 1.165) is 6.92 Å². The molecule has 1 unspecified atom stereocenters. The van der Waals surface area contributed by atoms with Gasteiger partial charge in [-0.2, -0.15) is 13.2 Å². The number of hydrogen-bond donors (Lipinski definition) is 0. The molecule has 1 aliphatic heterocycles. The highest BCUT2D eigenvalue weighted by Gasteiger charge is 2.57. The largest absolute Gasteiger partial charge is 0.402 e. The Morgan fingerprint density at radius 3 is 2.43 bits per heavy atom. The summed E-state index contributed by atoms with van der Waals surface area (Å²) in [4.78, 5) is 12.7. The topological polar surface area (TPSA) is 20.3 Å². The number of hydrogen-bond acceptors (Lipinski definition) is 1. The normalized spacial score (nSPS) is 30.4. The van der Waals surface area contributed by atoms with Crippen LogP contribution in [0.4, 0.5) is 13.2 Å². The maximum Gasteiger partial charge on any atom is 0.402 e. The highest BCUT2D eigenvalue weighted by Crippen LogP contribution is 2.44. The van der Waals surface area contributed by atoms with Gasteiger partial charge in [-0.1, -0.05) is 6.42 Å². The summed E-state index contributed by atoms with van der Waals surface area (Å²) >= 11 is 0. The fourth-order valence-electron chi connectivity index (χ4n) is 1.72. The molecule has 1 amide bonds. The highest BCUT2D eigenvalue weighted by atomic mass is 19.4. The molecular formula is C9H14F3NO. The van der Waals surface area contributed by atoms with Crippen LogP contribution < -0.4 is 0 Å². The lowest BCUT2D eigenvalue weighted by Gasteiger charge is -2.31. The number of nitrogens with zero attached hydrogens (tertiary/aromatic N) is 1. The van der Waals surface area contributed by atoms with Gasteiger partial charge in [0.25, 0.3) is 0 Å². The van der Waals surface area contributed by atoms with Gasteiger partial charge in [0.05, 0.1) is 0 Å². The van der Waals surface area contributed by atoms with Crippen molar-refractivity contribution in [1.29, 1.82) is 0 Å². The Morgan fingerprint density at radius 1 is 1.36 bits per heavy atom. The second-order valence-electron chi connectivity index (χ2n) is 4.01. The molecule has 0 spiro atoms. The Hall–Kier alpha value is -0.740. The summed E-state index contributed by atoms with van der Waals surface area (Å²) in [5.74, 6) is -0.803. The van der Waals surface area contributed by atoms with E-state index >= 15 is 0 Å². The average molecular weight is 209 g/mol. The molecule has 82 valence electrons. The summed E-state index contributed by atoms with van der Waals surface area (Å²) in [5, 5.41) is 0. The monoisotopic (exact) mass is 209 g/mol. The quantitative estimate of drug-likeness (QED) is 0.599. The standard InChI is InChI=1S/C9H14F3NO/c1-8(9(10,11)12)5-3-4-6-13(2)7(8)14/h3-6H2,1-2H3. The maximum absolute atomic E-state index is 12.7. The molecule has 14 heavy (non-hydrogen) atoms. The first-order valence-electron chi connectivity index (χ1n) is 4.61. The van der Waals surface area contributed by atoms with Gasteiger partial charge in [0.15, 0.2) is 0 Å². The third-order valence-electron chi connectivity index (χ3n) is 2.86. The first-order valence-corrected chi connectivity index (χ1v) is 4.61. The van der Waals surface area contributed by atoms with Crippen LogP contribution >= 0.6 is 0 Å². The van der Waals surface area contributed by atoms with Crippen molar-refractivity contribution in [3.63, 3.8) is 0 Å². The molecular weight excluding hydrogens is 195 g/mol. The molecule has 1 atom stereocenters. The molecule has 0 aromatic rings. The lowest BCUT2D eigenvalue weighted by Crippen LogP contribution is -2.48. The van der Waals surface area contributed by atoms with Gasteiger partial charge in [0.1, 0.15) is 5.41 Å². The Balaban J connectivity index is 2.99. The molecule has 0 bridgehead atoms. The zero-order chi connectivity index (χ0) is 11.0. The van der Waals surface area contributed by atoms with Gasteiger partial charge < -0.3 is 4.90 Å². The lowest BCUT2D eigenvalue weighted by molar-refractivity contribution is -0.222. The van der Waals surface area contributed by atoms with Crippen molar-refractivity contribution in [3.05, 3.63) is 0 Å². The zero-order valence-electron chi connectivity index (χ0n) is 8.32. The van der Waals surface area contributed by atoms with Crippen molar-refractivity contribution in [2.45, 2.75) is 32.4 Å². The van der Waals surface area contributed by atoms with Gasteiger partial charge >= 0.3 is 6.18 Å². The zero-order valence-corrected chi connectivity index (χ0v) is 8.32. The van der Waals surface area contributed by atoms with Gasteiger partial charge in [-0.05, 0) is 19.8 Å². The number of rotatable bonds is 0. The van der Waals surface area contributed by atoms with Crippen LogP contribution in [0.5, 0.6) is 0 Å². The van der Waals surface area contributed by atoms with Crippen LogP contribution in [0, 0.1) is 5.41 Å². The minimum atomic E-state index is -4.44. The fraction of sp³-hybridized carbons (Fsp3) is 0.889. The van der Waals surface area contributed by atoms with Crippen LogP contribution in [0.1, 0.15) is 26.2 Å². The Labute approximate surface area is 81.1 Å². The molecule has 0 aliphatic carbocycles. The van der Waals surface area contributed by atoms with Crippen molar-refractivity contribution in [3.8, 4) is 0 Å². The van der Waals surface area contributed by atoms with Crippen molar-refractivity contribution >= 4 is 5.91 Å². The summed E-state index contributed by atoms with van der Waals surface area (Å²) in [5.41, 5.74) is -2.18. The minimum Gasteiger partial charge on any atom is -0.345 e. The summed E-state index contributed by atoms with van der Waals surface area (Å²) < 4.78 is 38.0. The first-order chi connectivity index (χ1) is 6.29. The number of carbonyl (C=O) groups excluding carboxylic acids is 1. The molecule has 0 N–H and O–H groups in total. The number of halogens is 3. The van der Waals surface area contributed by atoms with Crippen molar-refractivity contribution in [1.82, 2.24) is 4.90 Å². The molecule has 1 fully saturated rings. The maximum atomic E-state index is 12.7. The SMILES string of the molecule is CN1CCCCC(C)(C(F)(F)F)C1=O. The number of alkyl halides is 3. The van der Waals surface area contributed by atoms with Crippen LogP contribution in [-0.2, 0) is 4.79 Å². The highest BCUT2D eigenvalue weighted by molar-refractivity contribution is 5.83.